The number of aliphatic hydroxyl groups excluding tert-OH is 1. The normalized spacial score (nSPS) is 17.3. The van der Waals surface area contributed by atoms with Crippen molar-refractivity contribution >= 4 is 40.7 Å². The summed E-state index contributed by atoms with van der Waals surface area (Å²) < 4.78 is 16.4. The number of hydrogen-bond acceptors (Lipinski definition) is 6. The number of Topliss-reactive ketones (excluding diaryl/α,β-unsaturated/α-hetero) is 1. The molecule has 1 amide bonds. The Labute approximate surface area is 206 Å². The summed E-state index contributed by atoms with van der Waals surface area (Å²) in [6, 6.07) is 12.4. The standard InChI is InChI=1S/C25H21Cl2NO6/c1-3-33-16-7-4-6-14(10-16)21-20(22(29)18-11-15(26)12-19(27)24(18)32-2)23(30)25(31)28(21)13-17-8-5-9-34-17/h4-12,21,29H,3,13H2,1-2H3/b22-20+. The first-order chi connectivity index (χ1) is 16.3. The minimum atomic E-state index is -0.923. The molecule has 34 heavy (non-hydrogen) atoms. The van der Waals surface area contributed by atoms with Gasteiger partial charge in [-0.3, -0.25) is 9.59 Å². The number of carbonyl (C=O) groups is 2. The summed E-state index contributed by atoms with van der Waals surface area (Å²) in [4.78, 5) is 27.7. The summed E-state index contributed by atoms with van der Waals surface area (Å²) in [5.74, 6) is -0.912. The Morgan fingerprint density at radius 3 is 2.62 bits per heavy atom. The molecule has 1 atom stereocenters. The second kappa shape index (κ2) is 9.83. The van der Waals surface area contributed by atoms with Crippen molar-refractivity contribution in [3.63, 3.8) is 0 Å². The molecule has 0 radical (unpaired) electrons. The minimum absolute atomic E-state index is 0.0192. The van der Waals surface area contributed by atoms with Gasteiger partial charge in [0.2, 0.25) is 0 Å². The number of furan rings is 1. The van der Waals surface area contributed by atoms with Gasteiger partial charge in [0.05, 0.1) is 48.7 Å². The third kappa shape index (κ3) is 4.36. The van der Waals surface area contributed by atoms with Crippen molar-refractivity contribution < 1.29 is 28.6 Å². The smallest absolute Gasteiger partial charge is 0.296 e. The molecule has 1 fully saturated rings. The monoisotopic (exact) mass is 501 g/mol. The maximum absolute atomic E-state index is 13.2. The lowest BCUT2D eigenvalue weighted by Gasteiger charge is -2.25. The van der Waals surface area contributed by atoms with Crippen molar-refractivity contribution in [2.24, 2.45) is 0 Å². The SMILES string of the molecule is CCOc1cccc(C2/C(=C(\O)c3cc(Cl)cc(Cl)c3OC)C(=O)C(=O)N2Cc2ccco2)c1. The summed E-state index contributed by atoms with van der Waals surface area (Å²) in [5, 5.41) is 11.7. The van der Waals surface area contributed by atoms with Crippen LogP contribution in [0.3, 0.4) is 0 Å². The Morgan fingerprint density at radius 2 is 1.94 bits per heavy atom. The van der Waals surface area contributed by atoms with E-state index >= 15 is 0 Å². The van der Waals surface area contributed by atoms with E-state index in [0.717, 1.165) is 0 Å². The van der Waals surface area contributed by atoms with Gasteiger partial charge in [-0.15, -0.1) is 0 Å². The van der Waals surface area contributed by atoms with E-state index < -0.39 is 23.5 Å². The Kier molecular flexibility index (Phi) is 6.86. The number of benzene rings is 2. The molecule has 176 valence electrons. The highest BCUT2D eigenvalue weighted by Gasteiger charge is 2.46. The van der Waals surface area contributed by atoms with E-state index in [1.54, 1.807) is 36.4 Å². The molecule has 1 aromatic heterocycles. The third-order valence-corrected chi connectivity index (χ3v) is 5.90. The number of rotatable bonds is 7. The second-order valence-corrected chi connectivity index (χ2v) is 8.32. The van der Waals surface area contributed by atoms with Crippen LogP contribution >= 0.6 is 23.2 Å². The molecule has 0 spiro atoms. The van der Waals surface area contributed by atoms with Gasteiger partial charge in [-0.25, -0.2) is 0 Å². The van der Waals surface area contributed by atoms with Crippen LogP contribution in [0, 0.1) is 0 Å². The lowest BCUT2D eigenvalue weighted by molar-refractivity contribution is -0.140. The van der Waals surface area contributed by atoms with Gasteiger partial charge in [0.15, 0.2) is 0 Å². The summed E-state index contributed by atoms with van der Waals surface area (Å²) in [6.07, 6.45) is 1.48. The number of carbonyl (C=O) groups excluding carboxylic acids is 2. The van der Waals surface area contributed by atoms with Crippen LogP contribution < -0.4 is 9.47 Å². The minimum Gasteiger partial charge on any atom is -0.507 e. The zero-order valence-corrected chi connectivity index (χ0v) is 19.9. The van der Waals surface area contributed by atoms with Crippen molar-refractivity contribution in [3.8, 4) is 11.5 Å². The molecular weight excluding hydrogens is 481 g/mol. The Balaban J connectivity index is 1.93. The first kappa shape index (κ1) is 23.7. The van der Waals surface area contributed by atoms with Crippen molar-refractivity contribution in [1.29, 1.82) is 0 Å². The summed E-state index contributed by atoms with van der Waals surface area (Å²) in [7, 11) is 1.38. The van der Waals surface area contributed by atoms with Crippen molar-refractivity contribution in [2.45, 2.75) is 19.5 Å². The summed E-state index contributed by atoms with van der Waals surface area (Å²) in [5.41, 5.74) is 0.550. The number of hydrogen-bond donors (Lipinski definition) is 1. The van der Waals surface area contributed by atoms with E-state index in [1.807, 2.05) is 6.92 Å². The highest BCUT2D eigenvalue weighted by atomic mass is 35.5. The number of likely N-dealkylation sites (tertiary alicyclic amines) is 1. The quantitative estimate of drug-likeness (QED) is 0.257. The van der Waals surface area contributed by atoms with Crippen LogP contribution in [0.1, 0.15) is 29.9 Å². The van der Waals surface area contributed by atoms with Crippen LogP contribution in [0.15, 0.2) is 64.8 Å². The number of methoxy groups -OCH3 is 1. The fraction of sp³-hybridized carbons (Fsp3) is 0.200. The van der Waals surface area contributed by atoms with Gasteiger partial charge in [-0.1, -0.05) is 35.3 Å². The molecule has 1 aliphatic rings. The molecule has 1 N–H and O–H groups in total. The molecule has 9 heteroatoms. The van der Waals surface area contributed by atoms with Crippen LogP contribution in [-0.4, -0.2) is 35.4 Å². The highest BCUT2D eigenvalue weighted by molar-refractivity contribution is 6.46. The highest BCUT2D eigenvalue weighted by Crippen LogP contribution is 2.44. The van der Waals surface area contributed by atoms with E-state index in [1.165, 1.54) is 30.4 Å². The third-order valence-electron chi connectivity index (χ3n) is 5.40. The van der Waals surface area contributed by atoms with E-state index in [2.05, 4.69) is 0 Å². The Morgan fingerprint density at radius 1 is 1.15 bits per heavy atom. The zero-order chi connectivity index (χ0) is 24.4. The number of amides is 1. The number of ether oxygens (including phenoxy) is 2. The average Bonchev–Trinajstić information content (AvgIpc) is 3.41. The largest absolute Gasteiger partial charge is 0.507 e. The second-order valence-electron chi connectivity index (χ2n) is 7.48. The van der Waals surface area contributed by atoms with Crippen molar-refractivity contribution in [2.75, 3.05) is 13.7 Å². The Bertz CT molecular complexity index is 1270. The predicted octanol–water partition coefficient (Wildman–Crippen LogP) is 5.62. The van der Waals surface area contributed by atoms with Crippen molar-refractivity contribution in [3.05, 3.63) is 87.3 Å². The maximum atomic E-state index is 13.2. The molecule has 3 aromatic rings. The zero-order valence-electron chi connectivity index (χ0n) is 18.4. The van der Waals surface area contributed by atoms with Gasteiger partial charge >= 0.3 is 0 Å². The maximum Gasteiger partial charge on any atom is 0.296 e. The van der Waals surface area contributed by atoms with Gasteiger partial charge < -0.3 is 23.9 Å². The fourth-order valence-electron chi connectivity index (χ4n) is 3.99. The molecule has 2 aromatic carbocycles. The number of nitrogens with zero attached hydrogens (tertiary/aromatic N) is 1. The van der Waals surface area contributed by atoms with Gasteiger partial charge in [0.25, 0.3) is 11.7 Å². The number of ketones is 1. The molecule has 1 aliphatic heterocycles. The fourth-order valence-corrected chi connectivity index (χ4v) is 4.56. The summed E-state index contributed by atoms with van der Waals surface area (Å²) >= 11 is 12.4. The lowest BCUT2D eigenvalue weighted by Crippen LogP contribution is -2.29. The van der Waals surface area contributed by atoms with Gasteiger partial charge in [-0.2, -0.15) is 0 Å². The van der Waals surface area contributed by atoms with Crippen LogP contribution in [0.2, 0.25) is 10.0 Å². The van der Waals surface area contributed by atoms with E-state index in [-0.39, 0.29) is 33.5 Å². The lowest BCUT2D eigenvalue weighted by atomic mass is 9.94. The molecule has 1 saturated heterocycles. The number of halogens is 2. The van der Waals surface area contributed by atoms with Crippen LogP contribution in [0.5, 0.6) is 11.5 Å². The van der Waals surface area contributed by atoms with E-state index in [0.29, 0.717) is 23.7 Å². The molecule has 4 rings (SSSR count). The Hall–Kier alpha value is -3.42. The summed E-state index contributed by atoms with van der Waals surface area (Å²) in [6.45, 7) is 2.31. The van der Waals surface area contributed by atoms with Gasteiger partial charge in [-0.05, 0) is 48.9 Å². The molecular formula is C25H21Cl2NO6. The number of aliphatic hydroxyl groups is 1. The average molecular weight is 502 g/mol. The predicted molar refractivity (Wildman–Crippen MR) is 127 cm³/mol. The van der Waals surface area contributed by atoms with Crippen LogP contribution in [-0.2, 0) is 16.1 Å². The van der Waals surface area contributed by atoms with Crippen LogP contribution in [0.4, 0.5) is 0 Å². The first-order valence-electron chi connectivity index (χ1n) is 10.4. The molecule has 0 aliphatic carbocycles. The first-order valence-corrected chi connectivity index (χ1v) is 11.2. The molecule has 7 nitrogen and oxygen atoms in total. The molecule has 1 unspecified atom stereocenters. The molecule has 0 bridgehead atoms. The van der Waals surface area contributed by atoms with Crippen LogP contribution in [0.25, 0.3) is 5.76 Å². The molecule has 0 saturated carbocycles. The van der Waals surface area contributed by atoms with Crippen molar-refractivity contribution in [1.82, 2.24) is 4.90 Å². The molecule has 2 heterocycles. The van der Waals surface area contributed by atoms with Gasteiger partial charge in [0.1, 0.15) is 23.0 Å². The van der Waals surface area contributed by atoms with E-state index in [4.69, 9.17) is 37.1 Å². The topological polar surface area (TPSA) is 89.2 Å². The van der Waals surface area contributed by atoms with Gasteiger partial charge in [0, 0.05) is 5.02 Å². The van der Waals surface area contributed by atoms with E-state index in [9.17, 15) is 14.7 Å².